The van der Waals surface area contributed by atoms with Gasteiger partial charge in [0.25, 0.3) is 0 Å². The number of nitrogens with one attached hydrogen (secondary N) is 2. The number of hydrogen-bond donors (Lipinski definition) is 2. The van der Waals surface area contributed by atoms with Crippen LogP contribution in [0.3, 0.4) is 0 Å². The van der Waals surface area contributed by atoms with Crippen molar-refractivity contribution in [3.8, 4) is 17.2 Å². The second kappa shape index (κ2) is 13.2. The first kappa shape index (κ1) is 26.7. The molecule has 0 aliphatic rings. The van der Waals surface area contributed by atoms with Crippen LogP contribution in [-0.4, -0.2) is 36.1 Å². The van der Waals surface area contributed by atoms with Crippen molar-refractivity contribution in [2.45, 2.75) is 44.8 Å². The first-order chi connectivity index (χ1) is 18.6. The number of amides is 2. The van der Waals surface area contributed by atoms with E-state index in [1.165, 1.54) is 0 Å². The standard InChI is InChI=1S/C29H32N4O5/c1-30-26(34)16-8-4-7-15-24(33-29(35)37-19-20-11-5-3-6-12-20)28-31-18-25(38-28)22-17-21-13-9-10-14-23(21)32-27(22)36-2/h3,5-6,9-14,17-18,24H,4,7-8,15-16,19H2,1-2H3,(H,30,34)(H,33,35)/t24-/m0/s1. The summed E-state index contributed by atoms with van der Waals surface area (Å²) in [6.07, 6.45) is 4.42. The number of unbranched alkanes of at least 4 members (excludes halogenated alkanes) is 2. The minimum absolute atomic E-state index is 0.0134. The average molecular weight is 517 g/mol. The number of carbonyl (C=O) groups is 2. The summed E-state index contributed by atoms with van der Waals surface area (Å²) >= 11 is 0. The molecule has 9 heteroatoms. The maximum atomic E-state index is 12.7. The molecule has 4 aromatic rings. The van der Waals surface area contributed by atoms with Gasteiger partial charge in [0.05, 0.1) is 24.4 Å². The minimum atomic E-state index is -0.561. The van der Waals surface area contributed by atoms with Crippen molar-refractivity contribution in [1.29, 1.82) is 0 Å². The molecule has 38 heavy (non-hydrogen) atoms. The summed E-state index contributed by atoms with van der Waals surface area (Å²) in [6, 6.07) is 18.7. The third-order valence-electron chi connectivity index (χ3n) is 6.15. The van der Waals surface area contributed by atoms with Crippen LogP contribution in [0.15, 0.2) is 71.3 Å². The second-order valence-corrected chi connectivity index (χ2v) is 8.83. The summed E-state index contributed by atoms with van der Waals surface area (Å²) in [5.74, 6) is 1.28. The lowest BCUT2D eigenvalue weighted by Crippen LogP contribution is -2.29. The number of pyridine rings is 1. The molecule has 198 valence electrons. The number of para-hydroxylation sites is 1. The Kier molecular flexibility index (Phi) is 9.28. The van der Waals surface area contributed by atoms with Crippen LogP contribution in [0.5, 0.6) is 5.88 Å². The maximum Gasteiger partial charge on any atom is 0.408 e. The predicted octanol–water partition coefficient (Wildman–Crippen LogP) is 5.56. The molecule has 0 radical (unpaired) electrons. The Hall–Kier alpha value is -4.40. The predicted molar refractivity (Wildman–Crippen MR) is 143 cm³/mol. The molecule has 0 unspecified atom stereocenters. The second-order valence-electron chi connectivity index (χ2n) is 8.83. The number of aromatic nitrogens is 2. The number of rotatable bonds is 12. The monoisotopic (exact) mass is 516 g/mol. The first-order valence-electron chi connectivity index (χ1n) is 12.6. The summed E-state index contributed by atoms with van der Waals surface area (Å²) < 4.78 is 17.1. The van der Waals surface area contributed by atoms with Crippen molar-refractivity contribution < 1.29 is 23.5 Å². The Morgan fingerprint density at radius 3 is 2.61 bits per heavy atom. The van der Waals surface area contributed by atoms with Gasteiger partial charge in [0.15, 0.2) is 5.76 Å². The Labute approximate surface area is 221 Å². The molecule has 2 aromatic carbocycles. The maximum absolute atomic E-state index is 12.7. The van der Waals surface area contributed by atoms with E-state index in [1.54, 1.807) is 20.4 Å². The Balaban J connectivity index is 1.49. The first-order valence-corrected chi connectivity index (χ1v) is 12.6. The summed E-state index contributed by atoms with van der Waals surface area (Å²) in [7, 11) is 3.19. The zero-order valence-corrected chi connectivity index (χ0v) is 21.6. The number of hydrogen-bond acceptors (Lipinski definition) is 7. The highest BCUT2D eigenvalue weighted by molar-refractivity contribution is 5.85. The van der Waals surface area contributed by atoms with Crippen LogP contribution in [0, 0.1) is 0 Å². The molecule has 4 rings (SSSR count). The fourth-order valence-electron chi connectivity index (χ4n) is 4.10. The van der Waals surface area contributed by atoms with Crippen molar-refractivity contribution in [3.05, 3.63) is 78.3 Å². The third kappa shape index (κ3) is 7.09. The lowest BCUT2D eigenvalue weighted by molar-refractivity contribution is -0.120. The van der Waals surface area contributed by atoms with E-state index in [9.17, 15) is 9.59 Å². The number of fused-ring (bicyclic) bond motifs is 1. The molecule has 2 heterocycles. The Bertz CT molecular complexity index is 1360. The van der Waals surface area contributed by atoms with Gasteiger partial charge < -0.3 is 24.5 Å². The van der Waals surface area contributed by atoms with Gasteiger partial charge in [0.1, 0.15) is 12.6 Å². The van der Waals surface area contributed by atoms with Crippen LogP contribution < -0.4 is 15.4 Å². The van der Waals surface area contributed by atoms with Crippen molar-refractivity contribution >= 4 is 22.9 Å². The van der Waals surface area contributed by atoms with Crippen LogP contribution in [-0.2, 0) is 16.1 Å². The molecule has 2 aromatic heterocycles. The van der Waals surface area contributed by atoms with Crippen LogP contribution in [0.4, 0.5) is 4.79 Å². The van der Waals surface area contributed by atoms with E-state index in [0.717, 1.165) is 35.7 Å². The van der Waals surface area contributed by atoms with E-state index in [4.69, 9.17) is 13.9 Å². The van der Waals surface area contributed by atoms with Crippen molar-refractivity contribution in [2.75, 3.05) is 14.2 Å². The van der Waals surface area contributed by atoms with Gasteiger partial charge >= 0.3 is 6.09 Å². The van der Waals surface area contributed by atoms with Gasteiger partial charge in [-0.25, -0.2) is 14.8 Å². The summed E-state index contributed by atoms with van der Waals surface area (Å²) in [6.45, 7) is 0.155. The molecule has 0 aliphatic carbocycles. The third-order valence-corrected chi connectivity index (χ3v) is 6.15. The lowest BCUT2D eigenvalue weighted by atomic mass is 10.1. The summed E-state index contributed by atoms with van der Waals surface area (Å²) in [4.78, 5) is 33.2. The molecule has 2 amide bonds. The number of carbonyl (C=O) groups excluding carboxylic acids is 2. The fourth-order valence-corrected chi connectivity index (χ4v) is 4.10. The van der Waals surface area contributed by atoms with E-state index in [2.05, 4.69) is 20.6 Å². The largest absolute Gasteiger partial charge is 0.480 e. The van der Waals surface area contributed by atoms with E-state index < -0.39 is 12.1 Å². The molecule has 0 bridgehead atoms. The van der Waals surface area contributed by atoms with Crippen molar-refractivity contribution in [2.24, 2.45) is 0 Å². The normalized spacial score (nSPS) is 11.6. The zero-order chi connectivity index (χ0) is 26.7. The Morgan fingerprint density at radius 1 is 1.03 bits per heavy atom. The van der Waals surface area contributed by atoms with Gasteiger partial charge in [-0.05, 0) is 30.5 Å². The van der Waals surface area contributed by atoms with E-state index >= 15 is 0 Å². The van der Waals surface area contributed by atoms with Crippen molar-refractivity contribution in [1.82, 2.24) is 20.6 Å². The minimum Gasteiger partial charge on any atom is -0.480 e. The SMILES string of the molecule is CNC(=O)CCCCC[C@H](NC(=O)OCc1ccccc1)c1ncc(-c2cc3ccccc3nc2OC)o1. The molecular weight excluding hydrogens is 484 g/mol. The lowest BCUT2D eigenvalue weighted by Gasteiger charge is -2.16. The zero-order valence-electron chi connectivity index (χ0n) is 21.6. The van der Waals surface area contributed by atoms with Gasteiger partial charge in [-0.2, -0.15) is 0 Å². The smallest absolute Gasteiger partial charge is 0.408 e. The van der Waals surface area contributed by atoms with Crippen molar-refractivity contribution in [3.63, 3.8) is 0 Å². The highest BCUT2D eigenvalue weighted by Crippen LogP contribution is 2.33. The number of nitrogens with zero attached hydrogens (tertiary/aromatic N) is 2. The molecule has 0 fully saturated rings. The van der Waals surface area contributed by atoms with E-state index in [-0.39, 0.29) is 12.5 Å². The van der Waals surface area contributed by atoms with Gasteiger partial charge in [0, 0.05) is 18.9 Å². The Morgan fingerprint density at radius 2 is 1.82 bits per heavy atom. The fraction of sp³-hybridized carbons (Fsp3) is 0.310. The molecule has 2 N–H and O–H groups in total. The van der Waals surface area contributed by atoms with Crippen LogP contribution in [0.25, 0.3) is 22.2 Å². The molecule has 0 spiro atoms. The van der Waals surface area contributed by atoms with Crippen LogP contribution in [0.1, 0.15) is 49.6 Å². The van der Waals surface area contributed by atoms with E-state index in [0.29, 0.717) is 35.9 Å². The van der Waals surface area contributed by atoms with Gasteiger partial charge in [-0.1, -0.05) is 61.4 Å². The van der Waals surface area contributed by atoms with Gasteiger partial charge in [0.2, 0.25) is 17.7 Å². The number of oxazole rings is 1. The molecule has 0 saturated heterocycles. The average Bonchev–Trinajstić information content (AvgIpc) is 3.45. The molecular formula is C29H32N4O5. The highest BCUT2D eigenvalue weighted by Gasteiger charge is 2.23. The number of methoxy groups -OCH3 is 1. The summed E-state index contributed by atoms with van der Waals surface area (Å²) in [5.41, 5.74) is 2.37. The molecule has 0 aliphatic heterocycles. The highest BCUT2D eigenvalue weighted by atomic mass is 16.5. The molecule has 0 saturated carbocycles. The topological polar surface area (TPSA) is 116 Å². The van der Waals surface area contributed by atoms with Gasteiger partial charge in [-0.15, -0.1) is 0 Å². The summed E-state index contributed by atoms with van der Waals surface area (Å²) in [5, 5.41) is 6.47. The van der Waals surface area contributed by atoms with Crippen LogP contribution in [0.2, 0.25) is 0 Å². The quantitative estimate of drug-likeness (QED) is 0.237. The van der Waals surface area contributed by atoms with Crippen LogP contribution >= 0.6 is 0 Å². The molecule has 9 nitrogen and oxygen atoms in total. The number of benzene rings is 2. The molecule has 1 atom stereocenters. The number of ether oxygens (including phenoxy) is 2. The van der Waals surface area contributed by atoms with E-state index in [1.807, 2.05) is 60.7 Å². The number of alkyl carbamates (subject to hydrolysis) is 1. The van der Waals surface area contributed by atoms with Gasteiger partial charge in [-0.3, -0.25) is 4.79 Å².